The minimum atomic E-state index is -4.01. The topological polar surface area (TPSA) is 86.5 Å². The van der Waals surface area contributed by atoms with E-state index in [0.29, 0.717) is 18.1 Å². The Kier molecular flexibility index (Phi) is 3.69. The fraction of sp³-hybridized carbons (Fsp3) is 0.455. The molecule has 0 amide bonds. The Bertz CT molecular complexity index is 624. The van der Waals surface area contributed by atoms with Crippen molar-refractivity contribution in [2.24, 2.45) is 5.92 Å². The van der Waals surface area contributed by atoms with Crippen LogP contribution in [-0.2, 0) is 9.05 Å². The summed E-state index contributed by atoms with van der Waals surface area (Å²) in [7, 11) is 1.23. The van der Waals surface area contributed by atoms with Crippen molar-refractivity contribution in [3.8, 4) is 5.75 Å². The summed E-state index contributed by atoms with van der Waals surface area (Å²) in [6.45, 7) is 1.93. The fourth-order valence-electron chi connectivity index (χ4n) is 1.66. The summed E-state index contributed by atoms with van der Waals surface area (Å²) < 4.78 is 28.0. The van der Waals surface area contributed by atoms with Crippen LogP contribution in [0.4, 0.5) is 5.69 Å². The second kappa shape index (κ2) is 4.97. The van der Waals surface area contributed by atoms with E-state index in [9.17, 15) is 18.5 Å². The van der Waals surface area contributed by atoms with Crippen LogP contribution in [0.5, 0.6) is 5.75 Å². The van der Waals surface area contributed by atoms with Gasteiger partial charge in [0.2, 0.25) is 0 Å². The van der Waals surface area contributed by atoms with Crippen molar-refractivity contribution in [3.05, 3.63) is 27.8 Å². The van der Waals surface area contributed by atoms with E-state index in [0.717, 1.165) is 18.9 Å². The summed E-state index contributed by atoms with van der Waals surface area (Å²) in [5.41, 5.74) is -0.0585. The Morgan fingerprint density at radius 3 is 2.58 bits per heavy atom. The monoisotopic (exact) mass is 305 g/mol. The van der Waals surface area contributed by atoms with Crippen molar-refractivity contribution in [3.63, 3.8) is 0 Å². The molecule has 1 aliphatic carbocycles. The minimum Gasteiger partial charge on any atom is -0.487 e. The predicted molar refractivity (Wildman–Crippen MR) is 69.1 cm³/mol. The summed E-state index contributed by atoms with van der Waals surface area (Å²) in [6, 6.07) is 2.29. The van der Waals surface area contributed by atoms with Crippen LogP contribution in [0.25, 0.3) is 0 Å². The largest absolute Gasteiger partial charge is 0.487 e. The second-order valence-corrected chi connectivity index (χ2v) is 7.07. The summed E-state index contributed by atoms with van der Waals surface area (Å²) in [5.74, 6) is 0.523. The minimum absolute atomic E-state index is 0.0819. The van der Waals surface area contributed by atoms with Crippen LogP contribution in [-0.4, -0.2) is 19.9 Å². The number of aryl methyl sites for hydroxylation is 1. The Balaban J connectivity index is 2.42. The number of nitro benzene ring substituents is 1. The predicted octanol–water partition coefficient (Wildman–Crippen LogP) is 2.62. The molecule has 1 aliphatic rings. The lowest BCUT2D eigenvalue weighted by atomic mass is 10.2. The van der Waals surface area contributed by atoms with Gasteiger partial charge in [-0.3, -0.25) is 10.1 Å². The highest BCUT2D eigenvalue weighted by Gasteiger charge is 2.26. The lowest BCUT2D eigenvalue weighted by Crippen LogP contribution is -2.04. The molecule has 0 spiro atoms. The van der Waals surface area contributed by atoms with E-state index in [1.54, 1.807) is 0 Å². The van der Waals surface area contributed by atoms with Crippen LogP contribution in [0.3, 0.4) is 0 Å². The highest BCUT2D eigenvalue weighted by atomic mass is 35.7. The molecule has 1 aromatic rings. The molecule has 0 unspecified atom stereocenters. The molecule has 0 bridgehead atoms. The van der Waals surface area contributed by atoms with Crippen LogP contribution in [0.15, 0.2) is 17.0 Å². The average molecular weight is 306 g/mol. The molecular formula is C11H12ClNO5S. The number of benzene rings is 1. The summed E-state index contributed by atoms with van der Waals surface area (Å²) >= 11 is 0. The van der Waals surface area contributed by atoms with E-state index in [2.05, 4.69) is 0 Å². The zero-order valence-electron chi connectivity index (χ0n) is 10.1. The van der Waals surface area contributed by atoms with Gasteiger partial charge in [0.15, 0.2) is 5.75 Å². The number of rotatable bonds is 5. The van der Waals surface area contributed by atoms with Crippen LogP contribution in [0.1, 0.15) is 18.4 Å². The Morgan fingerprint density at radius 1 is 1.47 bits per heavy atom. The van der Waals surface area contributed by atoms with Gasteiger partial charge in [-0.1, -0.05) is 0 Å². The van der Waals surface area contributed by atoms with Gasteiger partial charge in [-0.05, 0) is 37.3 Å². The van der Waals surface area contributed by atoms with E-state index >= 15 is 0 Å². The van der Waals surface area contributed by atoms with Gasteiger partial charge in [0.25, 0.3) is 9.05 Å². The smallest absolute Gasteiger partial charge is 0.312 e. The average Bonchev–Trinajstić information content (AvgIpc) is 3.07. The first-order chi connectivity index (χ1) is 8.79. The number of hydrogen-bond donors (Lipinski definition) is 0. The first-order valence-corrected chi connectivity index (χ1v) is 7.96. The molecule has 104 valence electrons. The molecule has 2 rings (SSSR count). The standard InChI is InChI=1S/C11H12ClNO5S/c1-7-4-10(18-6-8-2-3-8)9(13(14)15)5-11(7)19(12,16)17/h4-5,8H,2-3,6H2,1H3. The first kappa shape index (κ1) is 14.1. The van der Waals surface area contributed by atoms with E-state index in [4.69, 9.17) is 15.4 Å². The lowest BCUT2D eigenvalue weighted by molar-refractivity contribution is -0.386. The van der Waals surface area contributed by atoms with Gasteiger partial charge in [-0.15, -0.1) is 0 Å². The Labute approximate surface area is 114 Å². The number of nitrogens with zero attached hydrogens (tertiary/aromatic N) is 1. The van der Waals surface area contributed by atoms with Gasteiger partial charge in [-0.2, -0.15) is 0 Å². The maximum atomic E-state index is 11.3. The number of nitro groups is 1. The summed E-state index contributed by atoms with van der Waals surface area (Å²) in [5, 5.41) is 11.0. The normalized spacial score (nSPS) is 15.3. The second-order valence-electron chi connectivity index (χ2n) is 4.53. The van der Waals surface area contributed by atoms with Crippen molar-refractivity contribution < 1.29 is 18.1 Å². The molecule has 0 atom stereocenters. The number of hydrogen-bond acceptors (Lipinski definition) is 5. The van der Waals surface area contributed by atoms with Gasteiger partial charge in [0.1, 0.15) is 0 Å². The first-order valence-electron chi connectivity index (χ1n) is 5.65. The van der Waals surface area contributed by atoms with E-state index in [1.807, 2.05) is 0 Å². The molecule has 0 aliphatic heterocycles. The molecule has 0 saturated heterocycles. The Morgan fingerprint density at radius 2 is 2.11 bits per heavy atom. The maximum Gasteiger partial charge on any atom is 0.312 e. The molecule has 0 aromatic heterocycles. The molecule has 1 saturated carbocycles. The summed E-state index contributed by atoms with van der Waals surface area (Å²) in [4.78, 5) is 10.0. The molecular weight excluding hydrogens is 294 g/mol. The third-order valence-corrected chi connectivity index (χ3v) is 4.35. The zero-order valence-corrected chi connectivity index (χ0v) is 11.7. The molecule has 1 fully saturated rings. The van der Waals surface area contributed by atoms with Crippen molar-refractivity contribution in [2.75, 3.05) is 6.61 Å². The van der Waals surface area contributed by atoms with Crippen LogP contribution < -0.4 is 4.74 Å². The number of halogens is 1. The van der Waals surface area contributed by atoms with E-state index in [1.165, 1.54) is 13.0 Å². The van der Waals surface area contributed by atoms with Crippen molar-refractivity contribution >= 4 is 25.4 Å². The molecule has 1 aromatic carbocycles. The van der Waals surface area contributed by atoms with Gasteiger partial charge >= 0.3 is 5.69 Å². The van der Waals surface area contributed by atoms with Crippen LogP contribution in [0, 0.1) is 23.0 Å². The highest BCUT2D eigenvalue weighted by molar-refractivity contribution is 8.13. The quantitative estimate of drug-likeness (QED) is 0.474. The highest BCUT2D eigenvalue weighted by Crippen LogP contribution is 2.36. The molecule has 0 N–H and O–H groups in total. The lowest BCUT2D eigenvalue weighted by Gasteiger charge is -2.09. The van der Waals surface area contributed by atoms with Crippen LogP contribution in [0.2, 0.25) is 0 Å². The van der Waals surface area contributed by atoms with Crippen molar-refractivity contribution in [2.45, 2.75) is 24.7 Å². The molecule has 19 heavy (non-hydrogen) atoms. The molecule has 0 radical (unpaired) electrons. The van der Waals surface area contributed by atoms with Crippen molar-refractivity contribution in [1.29, 1.82) is 0 Å². The van der Waals surface area contributed by atoms with Gasteiger partial charge in [-0.25, -0.2) is 8.42 Å². The summed E-state index contributed by atoms with van der Waals surface area (Å²) in [6.07, 6.45) is 2.11. The molecule has 8 heteroatoms. The molecule has 0 heterocycles. The van der Waals surface area contributed by atoms with Crippen LogP contribution >= 0.6 is 10.7 Å². The van der Waals surface area contributed by atoms with Gasteiger partial charge in [0, 0.05) is 16.7 Å². The van der Waals surface area contributed by atoms with Gasteiger partial charge < -0.3 is 4.74 Å². The molecule has 6 nitrogen and oxygen atoms in total. The van der Waals surface area contributed by atoms with E-state index in [-0.39, 0.29) is 16.3 Å². The third kappa shape index (κ3) is 3.36. The number of ether oxygens (including phenoxy) is 1. The maximum absolute atomic E-state index is 11.3. The van der Waals surface area contributed by atoms with Gasteiger partial charge in [0.05, 0.1) is 16.4 Å². The Hall–Kier alpha value is -1.34. The SMILES string of the molecule is Cc1cc(OCC2CC2)c([N+](=O)[O-])cc1S(=O)(=O)Cl. The fourth-order valence-corrected chi connectivity index (χ4v) is 2.86. The van der Waals surface area contributed by atoms with Crippen molar-refractivity contribution in [1.82, 2.24) is 0 Å². The zero-order chi connectivity index (χ0) is 14.2. The van der Waals surface area contributed by atoms with E-state index < -0.39 is 14.0 Å². The third-order valence-electron chi connectivity index (χ3n) is 2.89.